The molecule has 2 aliphatic heterocycles. The Morgan fingerprint density at radius 1 is 0.828 bits per heavy atom. The number of piperazine rings is 1. The Hall–Kier alpha value is -2.80. The van der Waals surface area contributed by atoms with Gasteiger partial charge in [0.25, 0.3) is 0 Å². The molecule has 7 nitrogen and oxygen atoms in total. The molecule has 0 amide bonds. The van der Waals surface area contributed by atoms with E-state index >= 15 is 0 Å². The highest BCUT2D eigenvalue weighted by Gasteiger charge is 2.21. The molecule has 0 unspecified atom stereocenters. The van der Waals surface area contributed by atoms with Crippen molar-refractivity contribution in [1.29, 1.82) is 0 Å². The van der Waals surface area contributed by atoms with E-state index in [0.29, 0.717) is 0 Å². The van der Waals surface area contributed by atoms with Crippen molar-refractivity contribution in [1.82, 2.24) is 24.8 Å². The van der Waals surface area contributed by atoms with Gasteiger partial charge in [-0.2, -0.15) is 0 Å². The highest BCUT2D eigenvalue weighted by Crippen LogP contribution is 2.30. The van der Waals surface area contributed by atoms with E-state index in [-0.39, 0.29) is 0 Å². The summed E-state index contributed by atoms with van der Waals surface area (Å²) in [4.78, 5) is 25.3. The van der Waals surface area contributed by atoms with E-state index in [4.69, 9.17) is 0 Å². The number of aryl methyl sites for hydroxylation is 1. The summed E-state index contributed by atoms with van der Waals surface area (Å²) >= 11 is 0. The van der Waals surface area contributed by atoms with E-state index in [9.17, 15) is 0 Å². The van der Waals surface area contributed by atoms with E-state index in [2.05, 4.69) is 52.8 Å². The second-order valence-electron chi connectivity index (χ2n) is 7.94. The summed E-state index contributed by atoms with van der Waals surface area (Å²) in [5.74, 6) is 1.09. The van der Waals surface area contributed by atoms with Crippen LogP contribution in [0.3, 0.4) is 0 Å². The van der Waals surface area contributed by atoms with E-state index < -0.39 is 0 Å². The largest absolute Gasteiger partial charge is 0.369 e. The number of hydrogen-bond acceptors (Lipinski definition) is 7. The molecule has 0 N–H and O–H groups in total. The van der Waals surface area contributed by atoms with Crippen LogP contribution in [0.15, 0.2) is 36.9 Å². The average molecular weight is 390 g/mol. The van der Waals surface area contributed by atoms with Gasteiger partial charge in [-0.05, 0) is 38.0 Å². The summed E-state index contributed by atoms with van der Waals surface area (Å²) in [6, 6.07) is 6.62. The summed E-state index contributed by atoms with van der Waals surface area (Å²) in [5, 5.41) is 1.17. The second kappa shape index (κ2) is 7.91. The molecule has 4 heterocycles. The zero-order valence-corrected chi connectivity index (χ0v) is 17.0. The number of benzene rings is 1. The van der Waals surface area contributed by atoms with Gasteiger partial charge in [0.2, 0.25) is 0 Å². The quantitative estimate of drug-likeness (QED) is 0.680. The highest BCUT2D eigenvalue weighted by atomic mass is 15.3. The van der Waals surface area contributed by atoms with Crippen molar-refractivity contribution in [3.63, 3.8) is 0 Å². The number of hydrogen-bond donors (Lipinski definition) is 0. The maximum atomic E-state index is 4.62. The molecule has 0 saturated carbocycles. The first-order chi connectivity index (χ1) is 14.3. The zero-order chi connectivity index (χ0) is 19.6. The van der Waals surface area contributed by atoms with E-state index in [1.807, 2.05) is 6.92 Å². The molecule has 0 radical (unpaired) electrons. The lowest BCUT2D eigenvalue weighted by molar-refractivity contribution is 0.246. The topological polar surface area (TPSA) is 61.3 Å². The molecule has 7 heteroatoms. The molecule has 0 aliphatic carbocycles. The summed E-state index contributed by atoms with van der Waals surface area (Å²) < 4.78 is 0. The Morgan fingerprint density at radius 2 is 1.62 bits per heavy atom. The predicted molar refractivity (Wildman–Crippen MR) is 115 cm³/mol. The maximum absolute atomic E-state index is 4.62. The van der Waals surface area contributed by atoms with Crippen LogP contribution in [-0.2, 0) is 6.54 Å². The Labute approximate surface area is 171 Å². The van der Waals surface area contributed by atoms with E-state index in [0.717, 1.165) is 68.5 Å². The summed E-state index contributed by atoms with van der Waals surface area (Å²) in [6.45, 7) is 9.17. The molecular formula is C22H27N7. The Kier molecular flexibility index (Phi) is 4.97. The second-order valence-corrected chi connectivity index (χ2v) is 7.94. The van der Waals surface area contributed by atoms with Crippen molar-refractivity contribution in [3.8, 4) is 0 Å². The zero-order valence-electron chi connectivity index (χ0n) is 17.0. The first-order valence-electron chi connectivity index (χ1n) is 10.5. The van der Waals surface area contributed by atoms with Crippen LogP contribution in [0.1, 0.15) is 24.2 Å². The van der Waals surface area contributed by atoms with Crippen LogP contribution < -0.4 is 9.80 Å². The van der Waals surface area contributed by atoms with Crippen molar-refractivity contribution in [2.45, 2.75) is 26.3 Å². The van der Waals surface area contributed by atoms with Crippen LogP contribution in [-0.4, -0.2) is 64.1 Å². The van der Waals surface area contributed by atoms with Crippen molar-refractivity contribution in [3.05, 3.63) is 48.3 Å². The summed E-state index contributed by atoms with van der Waals surface area (Å²) in [5.41, 5.74) is 4.41. The van der Waals surface area contributed by atoms with Gasteiger partial charge in [-0.1, -0.05) is 0 Å². The molecule has 0 atom stereocenters. The third-order valence-corrected chi connectivity index (χ3v) is 6.10. The van der Waals surface area contributed by atoms with Crippen LogP contribution >= 0.6 is 0 Å². The molecule has 2 fully saturated rings. The lowest BCUT2D eigenvalue weighted by atomic mass is 10.1. The van der Waals surface area contributed by atoms with E-state index in [1.165, 1.54) is 23.9 Å². The van der Waals surface area contributed by atoms with Crippen LogP contribution in [0.2, 0.25) is 0 Å². The minimum atomic E-state index is 0.873. The number of anilines is 2. The molecule has 0 spiro atoms. The smallest absolute Gasteiger partial charge is 0.139 e. The van der Waals surface area contributed by atoms with Crippen LogP contribution in [0.5, 0.6) is 0 Å². The third kappa shape index (κ3) is 3.74. The molecular weight excluding hydrogens is 362 g/mol. The lowest BCUT2D eigenvalue weighted by Gasteiger charge is -2.36. The summed E-state index contributed by atoms with van der Waals surface area (Å²) in [6.07, 6.45) is 7.74. The molecule has 5 rings (SSSR count). The average Bonchev–Trinajstić information content (AvgIpc) is 3.30. The fourth-order valence-corrected chi connectivity index (χ4v) is 4.38. The van der Waals surface area contributed by atoms with Crippen molar-refractivity contribution < 1.29 is 0 Å². The normalized spacial score (nSPS) is 18.0. The fourth-order valence-electron chi connectivity index (χ4n) is 4.38. The maximum Gasteiger partial charge on any atom is 0.139 e. The first kappa shape index (κ1) is 18.2. The van der Waals surface area contributed by atoms with Gasteiger partial charge in [0.15, 0.2) is 0 Å². The number of nitrogens with zero attached hydrogens (tertiary/aromatic N) is 7. The predicted octanol–water partition coefficient (Wildman–Crippen LogP) is 2.65. The highest BCUT2D eigenvalue weighted by molar-refractivity contribution is 5.92. The first-order valence-corrected chi connectivity index (χ1v) is 10.5. The summed E-state index contributed by atoms with van der Waals surface area (Å²) in [7, 11) is 0. The Morgan fingerprint density at radius 3 is 2.41 bits per heavy atom. The van der Waals surface area contributed by atoms with Gasteiger partial charge < -0.3 is 9.80 Å². The number of aromatic nitrogens is 4. The van der Waals surface area contributed by atoms with Crippen LogP contribution in [0.25, 0.3) is 10.9 Å². The third-order valence-electron chi connectivity index (χ3n) is 6.10. The molecule has 150 valence electrons. The minimum absolute atomic E-state index is 0.873. The Balaban J connectivity index is 1.31. The fraction of sp³-hybridized carbons (Fsp3) is 0.455. The van der Waals surface area contributed by atoms with Gasteiger partial charge in [-0.3, -0.25) is 14.9 Å². The van der Waals surface area contributed by atoms with Gasteiger partial charge in [0.1, 0.15) is 12.1 Å². The Bertz CT molecular complexity index is 991. The van der Waals surface area contributed by atoms with Gasteiger partial charge in [-0.15, -0.1) is 0 Å². The van der Waals surface area contributed by atoms with Gasteiger partial charge in [0.05, 0.1) is 16.9 Å². The van der Waals surface area contributed by atoms with Gasteiger partial charge >= 0.3 is 0 Å². The number of fused-ring (bicyclic) bond motifs is 1. The van der Waals surface area contributed by atoms with Gasteiger partial charge in [-0.25, -0.2) is 9.97 Å². The van der Waals surface area contributed by atoms with Crippen molar-refractivity contribution in [2.24, 2.45) is 0 Å². The monoisotopic (exact) mass is 389 g/mol. The molecule has 2 aliphatic rings. The number of rotatable bonds is 4. The van der Waals surface area contributed by atoms with Crippen LogP contribution in [0.4, 0.5) is 11.5 Å². The van der Waals surface area contributed by atoms with Gasteiger partial charge in [0, 0.05) is 69.3 Å². The van der Waals surface area contributed by atoms with Crippen molar-refractivity contribution in [2.75, 3.05) is 49.1 Å². The molecule has 2 saturated heterocycles. The van der Waals surface area contributed by atoms with Crippen LogP contribution in [0, 0.1) is 6.92 Å². The molecule has 3 aromatic rings. The molecule has 29 heavy (non-hydrogen) atoms. The molecule has 1 aromatic carbocycles. The minimum Gasteiger partial charge on any atom is -0.369 e. The van der Waals surface area contributed by atoms with E-state index in [1.54, 1.807) is 18.7 Å². The lowest BCUT2D eigenvalue weighted by Crippen LogP contribution is -2.46. The molecule has 2 aromatic heterocycles. The van der Waals surface area contributed by atoms with Crippen molar-refractivity contribution >= 4 is 22.4 Å². The molecule has 0 bridgehead atoms. The standard InChI is InChI=1S/C22H27N7/c1-17-21(24-7-6-23-17)15-27-10-12-28(13-11-27)18-4-5-20-19(14-18)22(26-16-25-20)29-8-2-3-9-29/h4-7,14,16H,2-3,8-13,15H2,1H3. The SMILES string of the molecule is Cc1nccnc1CN1CCN(c2ccc3ncnc(N4CCCC4)c3c2)CC1.